The fraction of sp³-hybridized carbons (Fsp3) is 0.846. The number of carbonyl (C=O) groups is 2. The predicted molar refractivity (Wildman–Crippen MR) is 76.6 cm³/mol. The Morgan fingerprint density at radius 1 is 1.00 bits per heavy atom. The van der Waals surface area contributed by atoms with Crippen LogP contribution in [0.4, 0.5) is 0 Å². The number of hydrogen-bond donors (Lipinski definition) is 2. The van der Waals surface area contributed by atoms with Crippen molar-refractivity contribution in [2.45, 2.75) is 20.3 Å². The molecule has 0 aliphatic heterocycles. The van der Waals surface area contributed by atoms with Crippen LogP contribution in [0.25, 0.3) is 0 Å². The summed E-state index contributed by atoms with van der Waals surface area (Å²) in [5, 5.41) is 2.65. The van der Waals surface area contributed by atoms with Crippen molar-refractivity contribution in [1.82, 2.24) is 5.32 Å². The fourth-order valence-corrected chi connectivity index (χ4v) is 1.17. The van der Waals surface area contributed by atoms with Crippen molar-refractivity contribution in [1.29, 1.82) is 0 Å². The van der Waals surface area contributed by atoms with Crippen molar-refractivity contribution < 1.29 is 23.8 Å². The largest absolute Gasteiger partial charge is 0.378 e. The van der Waals surface area contributed by atoms with Gasteiger partial charge < -0.3 is 30.1 Å². The molecule has 1 amide bonds. The number of ether oxygens (including phenoxy) is 3. The molecule has 0 rings (SSSR count). The van der Waals surface area contributed by atoms with Gasteiger partial charge in [0.25, 0.3) is 0 Å². The van der Waals surface area contributed by atoms with Gasteiger partial charge in [0.05, 0.1) is 39.6 Å². The number of aldehydes is 1. The summed E-state index contributed by atoms with van der Waals surface area (Å²) in [6, 6.07) is 0. The van der Waals surface area contributed by atoms with E-state index in [2.05, 4.69) is 5.32 Å². The first kappa shape index (κ1) is 21.3. The van der Waals surface area contributed by atoms with Crippen LogP contribution in [0.3, 0.4) is 0 Å². The highest BCUT2D eigenvalue weighted by molar-refractivity contribution is 5.77. The molecular weight excluding hydrogens is 264 g/mol. The lowest BCUT2D eigenvalue weighted by Crippen LogP contribution is -2.27. The van der Waals surface area contributed by atoms with Crippen LogP contribution in [0.5, 0.6) is 0 Å². The zero-order valence-corrected chi connectivity index (χ0v) is 11.3. The molecule has 0 radical (unpaired) electrons. The molecule has 0 heterocycles. The van der Waals surface area contributed by atoms with E-state index in [9.17, 15) is 9.59 Å². The molecule has 0 saturated carbocycles. The van der Waals surface area contributed by atoms with Crippen LogP contribution in [-0.2, 0) is 23.8 Å². The van der Waals surface area contributed by atoms with Gasteiger partial charge in [-0.15, -0.1) is 0 Å². The van der Waals surface area contributed by atoms with Crippen molar-refractivity contribution in [3.8, 4) is 0 Å². The smallest absolute Gasteiger partial charge is 0.220 e. The number of amides is 1. The summed E-state index contributed by atoms with van der Waals surface area (Å²) < 4.78 is 15.6. The molecule has 0 unspecified atom stereocenters. The Morgan fingerprint density at radius 2 is 1.55 bits per heavy atom. The van der Waals surface area contributed by atoms with Gasteiger partial charge >= 0.3 is 0 Å². The Hall–Kier alpha value is -1.02. The second kappa shape index (κ2) is 18.0. The zero-order chi connectivity index (χ0) is 14.2. The molecule has 0 bridgehead atoms. The van der Waals surface area contributed by atoms with E-state index < -0.39 is 0 Å². The molecular formula is C13H28N2O5. The van der Waals surface area contributed by atoms with E-state index >= 15 is 0 Å². The molecule has 0 aromatic carbocycles. The third-order valence-electron chi connectivity index (χ3n) is 2.06. The van der Waals surface area contributed by atoms with Gasteiger partial charge in [0, 0.05) is 25.9 Å². The van der Waals surface area contributed by atoms with Crippen LogP contribution in [0.2, 0.25) is 0 Å². The van der Waals surface area contributed by atoms with E-state index in [-0.39, 0.29) is 26.2 Å². The van der Waals surface area contributed by atoms with E-state index in [4.69, 9.17) is 19.9 Å². The molecule has 0 atom stereocenters. The van der Waals surface area contributed by atoms with Crippen LogP contribution < -0.4 is 11.1 Å². The standard InChI is InChI=1S/C12H24N2O5.CH4/c13-3-6-17-8-10-19-11-9-18-7-4-14-12(16)2-1-5-15;/h5H,1-4,6-11,13H2,(H,14,16);1H4. The summed E-state index contributed by atoms with van der Waals surface area (Å²) in [6.45, 7) is 3.95. The molecule has 7 heteroatoms. The van der Waals surface area contributed by atoms with Crippen molar-refractivity contribution in [2.24, 2.45) is 5.73 Å². The molecule has 3 N–H and O–H groups in total. The topological polar surface area (TPSA) is 99.9 Å². The van der Waals surface area contributed by atoms with Gasteiger partial charge in [0.1, 0.15) is 6.29 Å². The van der Waals surface area contributed by atoms with E-state index in [1.54, 1.807) is 0 Å². The minimum absolute atomic E-state index is 0. The van der Waals surface area contributed by atoms with Gasteiger partial charge in [0.15, 0.2) is 0 Å². The number of nitrogens with two attached hydrogens (primary N) is 1. The molecule has 7 nitrogen and oxygen atoms in total. The van der Waals surface area contributed by atoms with E-state index in [0.717, 1.165) is 6.29 Å². The fourth-order valence-electron chi connectivity index (χ4n) is 1.17. The van der Waals surface area contributed by atoms with Crippen molar-refractivity contribution in [3.05, 3.63) is 0 Å². The average molecular weight is 292 g/mol. The van der Waals surface area contributed by atoms with Crippen LogP contribution in [0, 0.1) is 0 Å². The highest BCUT2D eigenvalue weighted by atomic mass is 16.5. The van der Waals surface area contributed by atoms with Crippen LogP contribution >= 0.6 is 0 Å². The van der Waals surface area contributed by atoms with Gasteiger partial charge in [-0.3, -0.25) is 4.79 Å². The molecule has 0 aromatic heterocycles. The lowest BCUT2D eigenvalue weighted by molar-refractivity contribution is -0.122. The minimum Gasteiger partial charge on any atom is -0.378 e. The monoisotopic (exact) mass is 292 g/mol. The maximum absolute atomic E-state index is 11.1. The molecule has 0 spiro atoms. The third kappa shape index (κ3) is 17.0. The SMILES string of the molecule is C.NCCOCCOCCOCCNC(=O)CCC=O. The lowest BCUT2D eigenvalue weighted by atomic mass is 10.3. The molecule has 20 heavy (non-hydrogen) atoms. The van der Waals surface area contributed by atoms with Gasteiger partial charge in [-0.2, -0.15) is 0 Å². The highest BCUT2D eigenvalue weighted by Gasteiger charge is 1.98. The number of rotatable bonds is 14. The maximum Gasteiger partial charge on any atom is 0.220 e. The van der Waals surface area contributed by atoms with Gasteiger partial charge in [-0.1, -0.05) is 7.43 Å². The zero-order valence-electron chi connectivity index (χ0n) is 11.3. The summed E-state index contributed by atoms with van der Waals surface area (Å²) in [7, 11) is 0. The van der Waals surface area contributed by atoms with Crippen molar-refractivity contribution in [2.75, 3.05) is 52.7 Å². The number of nitrogens with one attached hydrogen (secondary N) is 1. The molecule has 0 fully saturated rings. The summed E-state index contributed by atoms with van der Waals surface area (Å²) in [4.78, 5) is 21.1. The summed E-state index contributed by atoms with van der Waals surface area (Å²) in [5.41, 5.74) is 5.25. The van der Waals surface area contributed by atoms with Crippen LogP contribution in [0.1, 0.15) is 20.3 Å². The summed E-state index contributed by atoms with van der Waals surface area (Å²) in [6.07, 6.45) is 1.22. The Morgan fingerprint density at radius 3 is 2.10 bits per heavy atom. The third-order valence-corrected chi connectivity index (χ3v) is 2.06. The van der Waals surface area contributed by atoms with E-state index in [0.29, 0.717) is 52.7 Å². The molecule has 0 aromatic rings. The number of hydrogen-bond acceptors (Lipinski definition) is 6. The Bertz CT molecular complexity index is 227. The first-order valence-corrected chi connectivity index (χ1v) is 6.45. The maximum atomic E-state index is 11.1. The minimum atomic E-state index is -0.135. The van der Waals surface area contributed by atoms with E-state index in [1.807, 2.05) is 0 Å². The van der Waals surface area contributed by atoms with Crippen molar-refractivity contribution in [3.63, 3.8) is 0 Å². The second-order valence-electron chi connectivity index (χ2n) is 3.68. The van der Waals surface area contributed by atoms with Gasteiger partial charge in [0.2, 0.25) is 5.91 Å². The summed E-state index contributed by atoms with van der Waals surface area (Å²) in [5.74, 6) is -0.135. The molecule has 0 saturated heterocycles. The Labute approximate surface area is 121 Å². The molecule has 120 valence electrons. The first-order valence-electron chi connectivity index (χ1n) is 6.45. The van der Waals surface area contributed by atoms with Gasteiger partial charge in [-0.25, -0.2) is 0 Å². The Balaban J connectivity index is 0. The highest BCUT2D eigenvalue weighted by Crippen LogP contribution is 1.84. The molecule has 0 aliphatic carbocycles. The molecule has 0 aliphatic rings. The summed E-state index contributed by atoms with van der Waals surface area (Å²) >= 11 is 0. The van der Waals surface area contributed by atoms with Crippen LogP contribution in [-0.4, -0.2) is 64.9 Å². The van der Waals surface area contributed by atoms with Gasteiger partial charge in [-0.05, 0) is 0 Å². The number of carbonyl (C=O) groups excluding carboxylic acids is 2. The second-order valence-corrected chi connectivity index (χ2v) is 3.68. The predicted octanol–water partition coefficient (Wildman–Crippen LogP) is -0.274. The lowest BCUT2D eigenvalue weighted by Gasteiger charge is -2.07. The van der Waals surface area contributed by atoms with Crippen LogP contribution in [0.15, 0.2) is 0 Å². The van der Waals surface area contributed by atoms with E-state index in [1.165, 1.54) is 0 Å². The Kier molecular flexibility index (Phi) is 19.1. The average Bonchev–Trinajstić information content (AvgIpc) is 2.42. The normalized spacial score (nSPS) is 9.85. The first-order chi connectivity index (χ1) is 9.31. The quantitative estimate of drug-likeness (QED) is 0.337. The van der Waals surface area contributed by atoms with Crippen molar-refractivity contribution >= 4 is 12.2 Å².